The minimum atomic E-state index is -0.571. The summed E-state index contributed by atoms with van der Waals surface area (Å²) in [6, 6.07) is 15.5. The molecule has 0 radical (unpaired) electrons. The first-order chi connectivity index (χ1) is 15.5. The lowest BCUT2D eigenvalue weighted by Crippen LogP contribution is -2.46. The molecule has 2 aromatic rings. The topological polar surface area (TPSA) is 103 Å². The monoisotopic (exact) mass is 439 g/mol. The van der Waals surface area contributed by atoms with Gasteiger partial charge in [0.2, 0.25) is 5.91 Å². The second kappa shape index (κ2) is 11.9. The third kappa shape index (κ3) is 7.40. The number of carbonyl (C=O) groups is 2. The molecule has 0 saturated carbocycles. The third-order valence-electron chi connectivity index (χ3n) is 4.96. The van der Waals surface area contributed by atoms with Gasteiger partial charge in [-0.1, -0.05) is 36.4 Å². The van der Waals surface area contributed by atoms with Gasteiger partial charge in [0, 0.05) is 32.3 Å². The van der Waals surface area contributed by atoms with Crippen LogP contribution in [0.1, 0.15) is 11.1 Å². The number of ether oxygens (including phenoxy) is 3. The number of rotatable bonds is 10. The maximum absolute atomic E-state index is 12.3. The predicted molar refractivity (Wildman–Crippen MR) is 121 cm³/mol. The Hall–Kier alpha value is -3.36. The normalized spacial score (nSPS) is 16.6. The first-order valence-corrected chi connectivity index (χ1v) is 10.5. The van der Waals surface area contributed by atoms with Gasteiger partial charge in [-0.15, -0.1) is 0 Å². The van der Waals surface area contributed by atoms with E-state index in [9.17, 15) is 9.59 Å². The van der Waals surface area contributed by atoms with Crippen molar-refractivity contribution < 1.29 is 23.8 Å². The number of amides is 2. The van der Waals surface area contributed by atoms with Crippen molar-refractivity contribution in [1.82, 2.24) is 10.2 Å². The molecule has 8 nitrogen and oxygen atoms in total. The summed E-state index contributed by atoms with van der Waals surface area (Å²) in [5.41, 5.74) is 7.12. The Kier molecular flexibility index (Phi) is 8.65. The highest BCUT2D eigenvalue weighted by Crippen LogP contribution is 2.28. The Bertz CT molecular complexity index is 932. The van der Waals surface area contributed by atoms with Crippen LogP contribution < -0.4 is 20.5 Å². The number of benzene rings is 2. The first-order valence-electron chi connectivity index (χ1n) is 10.5. The fourth-order valence-electron chi connectivity index (χ4n) is 3.39. The SMILES string of the molecule is COc1cc(/C=C/C(=O)NCC2CN(Cc3ccccc3)CCO2)ccc1OCC(N)=O. The third-order valence-corrected chi connectivity index (χ3v) is 4.96. The van der Waals surface area contributed by atoms with Gasteiger partial charge in [0.05, 0.1) is 19.8 Å². The Balaban J connectivity index is 1.47. The number of nitrogens with one attached hydrogen (secondary N) is 1. The number of morpholine rings is 1. The Labute approximate surface area is 187 Å². The van der Waals surface area contributed by atoms with E-state index >= 15 is 0 Å². The van der Waals surface area contributed by atoms with Gasteiger partial charge in [0.1, 0.15) is 0 Å². The summed E-state index contributed by atoms with van der Waals surface area (Å²) < 4.78 is 16.4. The number of nitrogens with zero attached hydrogens (tertiary/aromatic N) is 1. The van der Waals surface area contributed by atoms with E-state index in [-0.39, 0.29) is 18.6 Å². The molecule has 1 fully saturated rings. The predicted octanol–water partition coefficient (Wildman–Crippen LogP) is 1.59. The molecule has 1 unspecified atom stereocenters. The molecule has 1 heterocycles. The van der Waals surface area contributed by atoms with Crippen molar-refractivity contribution in [1.29, 1.82) is 0 Å². The maximum Gasteiger partial charge on any atom is 0.255 e. The number of primary amides is 1. The standard InChI is InChI=1S/C24H29N3O5/c1-30-22-13-18(7-9-21(22)32-17-23(25)28)8-10-24(29)26-14-20-16-27(11-12-31-20)15-19-5-3-2-4-6-19/h2-10,13,20H,11-12,14-17H2,1H3,(H2,25,28)(H,26,29)/b10-8+. The molecule has 3 N–H and O–H groups in total. The van der Waals surface area contributed by atoms with Crippen LogP contribution in [0.2, 0.25) is 0 Å². The van der Waals surface area contributed by atoms with Gasteiger partial charge >= 0.3 is 0 Å². The van der Waals surface area contributed by atoms with E-state index in [1.165, 1.54) is 18.7 Å². The van der Waals surface area contributed by atoms with Crippen LogP contribution in [0.5, 0.6) is 11.5 Å². The summed E-state index contributed by atoms with van der Waals surface area (Å²) in [5.74, 6) is 0.0740. The molecule has 1 saturated heterocycles. The smallest absolute Gasteiger partial charge is 0.255 e. The van der Waals surface area contributed by atoms with Gasteiger partial charge in [-0.05, 0) is 29.3 Å². The molecule has 0 bridgehead atoms. The van der Waals surface area contributed by atoms with Crippen LogP contribution in [-0.4, -0.2) is 62.8 Å². The largest absolute Gasteiger partial charge is 0.493 e. The van der Waals surface area contributed by atoms with Gasteiger partial charge in [-0.25, -0.2) is 0 Å². The minimum Gasteiger partial charge on any atom is -0.493 e. The van der Waals surface area contributed by atoms with E-state index in [0.717, 1.165) is 25.2 Å². The van der Waals surface area contributed by atoms with Crippen molar-refractivity contribution in [2.24, 2.45) is 5.73 Å². The zero-order valence-corrected chi connectivity index (χ0v) is 18.2. The summed E-state index contributed by atoms with van der Waals surface area (Å²) in [4.78, 5) is 25.5. The van der Waals surface area contributed by atoms with E-state index in [1.54, 1.807) is 24.3 Å². The Morgan fingerprint density at radius 2 is 2.03 bits per heavy atom. The minimum absolute atomic E-state index is 0.0494. The quantitative estimate of drug-likeness (QED) is 0.545. The summed E-state index contributed by atoms with van der Waals surface area (Å²) in [6.07, 6.45) is 3.09. The van der Waals surface area contributed by atoms with Crippen LogP contribution >= 0.6 is 0 Å². The average molecular weight is 440 g/mol. The zero-order chi connectivity index (χ0) is 22.8. The van der Waals surface area contributed by atoms with Crippen LogP contribution in [0.4, 0.5) is 0 Å². The molecule has 170 valence electrons. The molecule has 2 aromatic carbocycles. The molecule has 1 aliphatic rings. The summed E-state index contributed by atoms with van der Waals surface area (Å²) in [7, 11) is 1.50. The fraction of sp³-hybridized carbons (Fsp3) is 0.333. The Morgan fingerprint density at radius 1 is 1.22 bits per heavy atom. The van der Waals surface area contributed by atoms with Crippen molar-refractivity contribution in [3.63, 3.8) is 0 Å². The molecule has 0 aromatic heterocycles. The lowest BCUT2D eigenvalue weighted by Gasteiger charge is -2.33. The van der Waals surface area contributed by atoms with Crippen molar-refractivity contribution in [2.45, 2.75) is 12.6 Å². The molecule has 2 amide bonds. The second-order valence-corrected chi connectivity index (χ2v) is 7.46. The summed E-state index contributed by atoms with van der Waals surface area (Å²) in [5, 5.41) is 2.90. The lowest BCUT2D eigenvalue weighted by molar-refractivity contribution is -0.120. The number of methoxy groups -OCH3 is 1. The van der Waals surface area contributed by atoms with Gasteiger partial charge in [0.25, 0.3) is 5.91 Å². The van der Waals surface area contributed by atoms with Crippen molar-refractivity contribution in [3.05, 3.63) is 65.7 Å². The summed E-state index contributed by atoms with van der Waals surface area (Å²) >= 11 is 0. The van der Waals surface area contributed by atoms with Gasteiger partial charge < -0.3 is 25.3 Å². The molecule has 3 rings (SSSR count). The van der Waals surface area contributed by atoms with Crippen LogP contribution in [-0.2, 0) is 20.9 Å². The van der Waals surface area contributed by atoms with Crippen molar-refractivity contribution >= 4 is 17.9 Å². The van der Waals surface area contributed by atoms with Gasteiger partial charge in [-0.2, -0.15) is 0 Å². The average Bonchev–Trinajstić information content (AvgIpc) is 2.81. The number of nitrogens with two attached hydrogens (primary N) is 1. The van der Waals surface area contributed by atoms with E-state index in [1.807, 2.05) is 18.2 Å². The molecule has 0 spiro atoms. The van der Waals surface area contributed by atoms with E-state index in [2.05, 4.69) is 22.3 Å². The molecule has 1 aliphatic heterocycles. The van der Waals surface area contributed by atoms with Crippen LogP contribution in [0.3, 0.4) is 0 Å². The lowest BCUT2D eigenvalue weighted by atomic mass is 10.2. The highest BCUT2D eigenvalue weighted by molar-refractivity contribution is 5.91. The molecular formula is C24H29N3O5. The zero-order valence-electron chi connectivity index (χ0n) is 18.2. The number of hydrogen-bond acceptors (Lipinski definition) is 6. The van der Waals surface area contributed by atoms with Gasteiger partial charge in [-0.3, -0.25) is 14.5 Å². The first kappa shape index (κ1) is 23.3. The molecule has 1 atom stereocenters. The van der Waals surface area contributed by atoms with E-state index in [4.69, 9.17) is 19.9 Å². The molecule has 8 heteroatoms. The fourth-order valence-corrected chi connectivity index (χ4v) is 3.39. The van der Waals surface area contributed by atoms with Gasteiger partial charge in [0.15, 0.2) is 18.1 Å². The van der Waals surface area contributed by atoms with Crippen molar-refractivity contribution in [3.8, 4) is 11.5 Å². The highest BCUT2D eigenvalue weighted by Gasteiger charge is 2.20. The molecular weight excluding hydrogens is 410 g/mol. The molecule has 0 aliphatic carbocycles. The molecule has 32 heavy (non-hydrogen) atoms. The number of carbonyl (C=O) groups excluding carboxylic acids is 2. The van der Waals surface area contributed by atoms with Crippen LogP contribution in [0, 0.1) is 0 Å². The van der Waals surface area contributed by atoms with Crippen LogP contribution in [0.15, 0.2) is 54.6 Å². The maximum atomic E-state index is 12.3. The second-order valence-electron chi connectivity index (χ2n) is 7.46. The Morgan fingerprint density at radius 3 is 2.78 bits per heavy atom. The summed E-state index contributed by atoms with van der Waals surface area (Å²) in [6.45, 7) is 3.36. The highest BCUT2D eigenvalue weighted by atomic mass is 16.5. The van der Waals surface area contributed by atoms with E-state index < -0.39 is 5.91 Å². The number of hydrogen-bond donors (Lipinski definition) is 2. The van der Waals surface area contributed by atoms with Crippen LogP contribution in [0.25, 0.3) is 6.08 Å². The van der Waals surface area contributed by atoms with E-state index in [0.29, 0.717) is 24.7 Å². The van der Waals surface area contributed by atoms with Crippen molar-refractivity contribution in [2.75, 3.05) is 40.0 Å².